The molecule has 28 heteroatoms. The zero-order valence-corrected chi connectivity index (χ0v) is 63.7. The van der Waals surface area contributed by atoms with E-state index in [2.05, 4.69) is 84.1 Å². The third-order valence-corrected chi connectivity index (χ3v) is 20.8. The summed E-state index contributed by atoms with van der Waals surface area (Å²) < 4.78 is 72.3. The molecule has 12 aliphatic heterocycles. The topological polar surface area (TPSA) is 338 Å². The molecule has 0 aromatic heterocycles. The van der Waals surface area contributed by atoms with Crippen LogP contribution in [0.2, 0.25) is 0 Å². The summed E-state index contributed by atoms with van der Waals surface area (Å²) in [5.41, 5.74) is 18.7. The van der Waals surface area contributed by atoms with Gasteiger partial charge in [0.15, 0.2) is 76.3 Å². The minimum Gasteiger partial charge on any atom is -0.488 e. The minimum atomic E-state index is -1.02. The highest BCUT2D eigenvalue weighted by molar-refractivity contribution is 9.09. The van der Waals surface area contributed by atoms with Crippen molar-refractivity contribution in [1.82, 2.24) is 0 Å². The van der Waals surface area contributed by atoms with Crippen molar-refractivity contribution in [1.29, 1.82) is 0 Å². The number of hydrogen-bond donors (Lipinski definition) is 5. The van der Waals surface area contributed by atoms with E-state index in [4.69, 9.17) is 73.6 Å². The Balaban J connectivity index is 0.000000111. The molecule has 12 aliphatic rings. The fourth-order valence-corrected chi connectivity index (χ4v) is 15.3. The number of carbonyl (C=O) groups excluding carboxylic acids is 2. The van der Waals surface area contributed by atoms with Crippen LogP contribution in [0.25, 0.3) is 0 Å². The van der Waals surface area contributed by atoms with Gasteiger partial charge in [-0.05, 0) is 70.2 Å². The molecule has 12 heterocycles. The number of carbonyl (C=O) groups is 2. The van der Waals surface area contributed by atoms with E-state index in [1.807, 2.05) is 188 Å². The quantitative estimate of drug-likeness (QED) is 0.0623. The second kappa shape index (κ2) is 33.4. The average molecular weight is 1610 g/mol. The van der Waals surface area contributed by atoms with Gasteiger partial charge in [0.2, 0.25) is 12.2 Å². The van der Waals surface area contributed by atoms with Gasteiger partial charge in [-0.2, -0.15) is 5.26 Å². The molecule has 0 saturated carbocycles. The summed E-state index contributed by atoms with van der Waals surface area (Å²) in [6.45, 7) is 16.9. The van der Waals surface area contributed by atoms with Gasteiger partial charge >= 0.3 is 11.9 Å². The first kappa shape index (κ1) is 76.4. The summed E-state index contributed by atoms with van der Waals surface area (Å²) in [4.78, 5) is 49.3. The van der Waals surface area contributed by atoms with Crippen LogP contribution < -0.4 is 44.6 Å². The fourth-order valence-electron chi connectivity index (χ4n) is 14.6. The summed E-state index contributed by atoms with van der Waals surface area (Å²) in [6, 6.07) is 53.1. The van der Waals surface area contributed by atoms with Gasteiger partial charge in [-0.3, -0.25) is 4.89 Å². The maximum Gasteiger partial charge on any atom is 0.386 e. The van der Waals surface area contributed by atoms with Crippen molar-refractivity contribution in [3.8, 4) is 40.2 Å². The molecule has 0 spiro atoms. The van der Waals surface area contributed by atoms with Gasteiger partial charge in [0.05, 0.1) is 12.1 Å². The molecule has 21 unspecified atom stereocenters. The summed E-state index contributed by atoms with van der Waals surface area (Å²) in [7, 11) is 0. The van der Waals surface area contributed by atoms with Gasteiger partial charge in [0.25, 0.3) is 0 Å². The second-order valence-corrected chi connectivity index (χ2v) is 28.1. The smallest absolute Gasteiger partial charge is 0.386 e. The first-order valence-corrected chi connectivity index (χ1v) is 37.3. The molecule has 26 nitrogen and oxygen atoms in total. The van der Waals surface area contributed by atoms with Crippen molar-refractivity contribution in [2.45, 2.75) is 190 Å². The largest absolute Gasteiger partial charge is 0.488 e. The monoisotopic (exact) mass is 1610 g/mol. The van der Waals surface area contributed by atoms with Crippen LogP contribution in [0, 0.1) is 0 Å². The lowest BCUT2D eigenvalue weighted by Gasteiger charge is -2.32. The zero-order chi connectivity index (χ0) is 76.2. The van der Waals surface area contributed by atoms with Gasteiger partial charge in [-0.25, -0.2) is 34.6 Å². The lowest BCUT2D eigenvalue weighted by Crippen LogP contribution is -2.45. The number of fused-ring (bicyclic) bond motifs is 17. The van der Waals surface area contributed by atoms with E-state index in [1.54, 1.807) is 26.0 Å². The number of alkyl halides is 1. The Bertz CT molecular complexity index is 4330. The maximum atomic E-state index is 11.7. The molecule has 0 amide bonds. The lowest BCUT2D eigenvalue weighted by molar-refractivity contribution is -0.245. The third kappa shape index (κ3) is 16.0. The number of hydrogen-bond acceptors (Lipinski definition) is 26. The Morgan fingerprint density at radius 3 is 0.935 bits per heavy atom. The normalized spacial score (nSPS) is 30.7. The van der Waals surface area contributed by atoms with Crippen LogP contribution in [-0.2, 0) is 42.0 Å². The van der Waals surface area contributed by atoms with Crippen LogP contribution in [-0.4, -0.2) is 148 Å². The molecule has 19 rings (SSSR count). The van der Waals surface area contributed by atoms with Crippen molar-refractivity contribution in [3.05, 3.63) is 209 Å². The summed E-state index contributed by atoms with van der Waals surface area (Å²) in [5, 5.41) is 28.5. The number of benzene rings is 7. The van der Waals surface area contributed by atoms with Crippen LogP contribution in [0.3, 0.4) is 0 Å². The van der Waals surface area contributed by atoms with Crippen molar-refractivity contribution < 1.29 is 90.6 Å². The number of aliphatic hydroxyl groups excluding tert-OH is 2. The van der Waals surface area contributed by atoms with E-state index >= 15 is 0 Å². The molecule has 21 atom stereocenters. The zero-order valence-electron chi connectivity index (χ0n) is 60.5. The lowest BCUT2D eigenvalue weighted by atomic mass is 9.94. The molecular weight excluding hydrogens is 1520 g/mol. The van der Waals surface area contributed by atoms with Gasteiger partial charge in [0, 0.05) is 78.9 Å². The van der Waals surface area contributed by atoms with Gasteiger partial charge in [0.1, 0.15) is 113 Å². The van der Waals surface area contributed by atoms with Crippen molar-refractivity contribution in [2.75, 3.05) is 5.33 Å². The van der Waals surface area contributed by atoms with Gasteiger partial charge < -0.3 is 82.4 Å². The van der Waals surface area contributed by atoms with Gasteiger partial charge in [-0.15, -0.1) is 0 Å². The molecule has 7 N–H and O–H groups in total. The van der Waals surface area contributed by atoms with Crippen molar-refractivity contribution in [3.63, 3.8) is 0 Å². The van der Waals surface area contributed by atoms with Crippen LogP contribution in [0.1, 0.15) is 144 Å². The Hall–Kier alpha value is -9.81. The van der Waals surface area contributed by atoms with Gasteiger partial charge in [-0.1, -0.05) is 143 Å². The SMILES string of the molecule is CC1=NC2c3ccccc3OC(C(=O)OBr)C2O1.CC1=NC2c3ccccc3OC(C(=O)OO)C2O1.CC1=NC2c3ccccc3OC(C)C2O1.CC1=NC2c3ccccc3OC(C)C2O1.CC1=NC2c3ccccc3OC(CBr)C2O1.CC1Oc2ccccc2C(N)C1O.CC1Oc2ccccc2C(N)C1O. The first-order chi connectivity index (χ1) is 52.1. The first-order valence-electron chi connectivity index (χ1n) is 35.6. The number of para-hydroxylation sites is 7. The number of aliphatic imine (C=N–C) groups is 5. The molecule has 108 heavy (non-hydrogen) atoms. The number of nitrogens with zero attached hydrogens (tertiary/aromatic N) is 5. The highest BCUT2D eigenvalue weighted by Gasteiger charge is 2.51. The Kier molecular flexibility index (Phi) is 23.6. The number of ether oxygens (including phenoxy) is 12. The molecule has 0 fully saturated rings. The summed E-state index contributed by atoms with van der Waals surface area (Å²) >= 11 is 6.14. The fraction of sp³-hybridized carbons (Fsp3) is 0.388. The maximum absolute atomic E-state index is 11.7. The van der Waals surface area contributed by atoms with E-state index in [0.717, 1.165) is 90.7 Å². The molecule has 7 aromatic rings. The minimum absolute atomic E-state index is 0.00859. The molecular formula is C80H85Br2N7O19. The van der Waals surface area contributed by atoms with E-state index in [-0.39, 0.29) is 91.1 Å². The highest BCUT2D eigenvalue weighted by Crippen LogP contribution is 2.47. The predicted octanol–water partition coefficient (Wildman–Crippen LogP) is 12.5. The van der Waals surface area contributed by atoms with E-state index in [1.165, 1.54) is 0 Å². The number of aliphatic hydroxyl groups is 2. The van der Waals surface area contributed by atoms with Crippen LogP contribution >= 0.6 is 32.2 Å². The van der Waals surface area contributed by atoms with Crippen molar-refractivity contribution in [2.24, 2.45) is 36.4 Å². The third-order valence-electron chi connectivity index (χ3n) is 19.8. The molecule has 568 valence electrons. The van der Waals surface area contributed by atoms with E-state index in [0.29, 0.717) is 23.3 Å². The second-order valence-electron chi connectivity index (χ2n) is 27.2. The van der Waals surface area contributed by atoms with E-state index < -0.39 is 48.6 Å². The highest BCUT2D eigenvalue weighted by atomic mass is 79.9. The summed E-state index contributed by atoms with van der Waals surface area (Å²) in [6.07, 6.45) is -4.35. The number of nitrogens with two attached hydrogens (primary N) is 2. The molecule has 0 aliphatic carbocycles. The standard InChI is InChI=1S/C12H10BrNO4.C12H12BrNO2.C12H11NO5.2C12H13NO2.2C10H13NO2/c1-6-14-9-7-4-2-3-5-8(7)17-11(10(9)16-6)12(15)18-13;1-7-14-11-8-4-2-3-5-9(8)16-10(6-13)12(11)15-7;1-6-13-9-7-4-2-3-5-8(7)17-11(10(9)16-6)12(14)18-15;2*1-7-12-11(13-8(2)15-12)9-5-3-4-6-10(9)14-7;2*1-6-10(12)9(11)7-4-2-3-5-8(7)13-6/h2-5,9-11H,1H3;2-5,10-12H,6H2,1H3;2-5,9-11,15H,1H3;2*3-7,11-12H,1-2H3;2*2-6,9-10,12H,11H2,1H3. The Labute approximate surface area is 641 Å². The van der Waals surface area contributed by atoms with Crippen LogP contribution in [0.5, 0.6) is 40.2 Å². The van der Waals surface area contributed by atoms with Crippen LogP contribution in [0.4, 0.5) is 0 Å². The Morgan fingerprint density at radius 1 is 0.361 bits per heavy atom. The van der Waals surface area contributed by atoms with Crippen LogP contribution in [0.15, 0.2) is 195 Å². The number of halogens is 2. The number of rotatable bonds is 3. The van der Waals surface area contributed by atoms with Crippen molar-refractivity contribution >= 4 is 73.6 Å². The average Bonchev–Trinajstić information content (AvgIpc) is 1.61. The Morgan fingerprint density at radius 2 is 0.611 bits per heavy atom. The van der Waals surface area contributed by atoms with E-state index in [9.17, 15) is 19.8 Å². The molecule has 0 radical (unpaired) electrons. The summed E-state index contributed by atoms with van der Waals surface area (Å²) in [5.74, 6) is 7.47. The molecule has 0 saturated heterocycles. The molecule has 7 aromatic carbocycles. The molecule has 0 bridgehead atoms. The predicted molar refractivity (Wildman–Crippen MR) is 406 cm³/mol.